The highest BCUT2D eigenvalue weighted by molar-refractivity contribution is 5.85. The molecule has 2 heterocycles. The first-order valence-electron chi connectivity index (χ1n) is 10.3. The molecule has 182 valence electrons. The third-order valence-corrected chi connectivity index (χ3v) is 5.64. The van der Waals surface area contributed by atoms with Crippen molar-refractivity contribution < 1.29 is 48.9 Å². The van der Waals surface area contributed by atoms with Gasteiger partial charge in [0.05, 0.1) is 31.8 Å². The molecule has 1 fully saturated rings. The highest BCUT2D eigenvalue weighted by atomic mass is 16.7. The summed E-state index contributed by atoms with van der Waals surface area (Å²) < 4.78 is 27.0. The molecule has 2 aromatic carbocycles. The summed E-state index contributed by atoms with van der Waals surface area (Å²) in [6.07, 6.45) is -6.16. The minimum atomic E-state index is -1.63. The molecular weight excluding hydrogens is 452 g/mol. The maximum absolute atomic E-state index is 13.2. The minimum Gasteiger partial charge on any atom is -0.504 e. The second-order valence-electron chi connectivity index (χ2n) is 7.68. The highest BCUT2D eigenvalue weighted by Gasteiger charge is 2.45. The van der Waals surface area contributed by atoms with Gasteiger partial charge >= 0.3 is 0 Å². The number of phenolic OH excluding ortho intramolecular Hbond substituents is 1. The van der Waals surface area contributed by atoms with Gasteiger partial charge in [0, 0.05) is 6.07 Å². The Kier molecular flexibility index (Phi) is 6.64. The Bertz CT molecular complexity index is 1240. The number of benzene rings is 2. The molecule has 0 spiro atoms. The molecule has 34 heavy (non-hydrogen) atoms. The molecule has 5 atom stereocenters. The molecule has 3 aromatic rings. The quantitative estimate of drug-likeness (QED) is 0.333. The van der Waals surface area contributed by atoms with Crippen LogP contribution in [0.3, 0.4) is 0 Å². The van der Waals surface area contributed by atoms with E-state index in [9.17, 15) is 30.3 Å². The molecule has 0 amide bonds. The van der Waals surface area contributed by atoms with E-state index in [1.54, 1.807) is 6.07 Å². The average molecular weight is 476 g/mol. The van der Waals surface area contributed by atoms with Gasteiger partial charge in [0.2, 0.25) is 11.7 Å². The van der Waals surface area contributed by atoms with Gasteiger partial charge in [-0.05, 0) is 23.8 Å². The van der Waals surface area contributed by atoms with E-state index in [2.05, 4.69) is 0 Å². The van der Waals surface area contributed by atoms with Crippen LogP contribution in [0.2, 0.25) is 0 Å². The average Bonchev–Trinajstić information content (AvgIpc) is 2.84. The zero-order valence-corrected chi connectivity index (χ0v) is 18.2. The van der Waals surface area contributed by atoms with Crippen LogP contribution in [0.4, 0.5) is 0 Å². The van der Waals surface area contributed by atoms with Crippen LogP contribution in [0.5, 0.6) is 23.0 Å². The van der Waals surface area contributed by atoms with Crippen molar-refractivity contribution in [3.8, 4) is 34.1 Å². The summed E-state index contributed by atoms with van der Waals surface area (Å²) >= 11 is 0. The van der Waals surface area contributed by atoms with Gasteiger partial charge in [-0.1, -0.05) is 6.07 Å². The third kappa shape index (κ3) is 4.15. The lowest BCUT2D eigenvalue weighted by molar-refractivity contribution is -0.277. The summed E-state index contributed by atoms with van der Waals surface area (Å²) in [6.45, 7) is -0.613. The highest BCUT2D eigenvalue weighted by Crippen LogP contribution is 2.36. The lowest BCUT2D eigenvalue weighted by Gasteiger charge is -2.39. The fraction of sp³-hybridized carbons (Fsp3) is 0.348. The van der Waals surface area contributed by atoms with Crippen molar-refractivity contribution in [2.75, 3.05) is 20.8 Å². The molecule has 0 saturated carbocycles. The van der Waals surface area contributed by atoms with Crippen molar-refractivity contribution in [2.24, 2.45) is 0 Å². The number of aliphatic hydroxyl groups is 4. The second-order valence-corrected chi connectivity index (χ2v) is 7.68. The van der Waals surface area contributed by atoms with Crippen LogP contribution in [-0.2, 0) is 4.74 Å². The molecular formula is C23H24O11. The van der Waals surface area contributed by atoms with Gasteiger partial charge in [0.1, 0.15) is 36.3 Å². The van der Waals surface area contributed by atoms with Crippen molar-refractivity contribution in [3.63, 3.8) is 0 Å². The monoisotopic (exact) mass is 476 g/mol. The smallest absolute Gasteiger partial charge is 0.229 e. The molecule has 1 aromatic heterocycles. The van der Waals surface area contributed by atoms with E-state index in [1.807, 2.05) is 0 Å². The predicted octanol–water partition coefficient (Wildman–Crippen LogP) is 0.362. The van der Waals surface area contributed by atoms with E-state index < -0.39 is 42.7 Å². The Balaban J connectivity index is 1.71. The number of hydrogen-bond donors (Lipinski definition) is 5. The second kappa shape index (κ2) is 9.49. The van der Waals surface area contributed by atoms with Gasteiger partial charge < -0.3 is 48.9 Å². The number of fused-ring (bicyclic) bond motifs is 1. The molecule has 1 aliphatic rings. The first kappa shape index (κ1) is 23.8. The lowest BCUT2D eigenvalue weighted by atomic mass is 9.99. The van der Waals surface area contributed by atoms with Crippen LogP contribution in [-0.4, -0.2) is 77.1 Å². The van der Waals surface area contributed by atoms with E-state index >= 15 is 0 Å². The molecule has 1 saturated heterocycles. The first-order chi connectivity index (χ1) is 16.3. The number of aliphatic hydroxyl groups excluding tert-OH is 4. The maximum Gasteiger partial charge on any atom is 0.229 e. The third-order valence-electron chi connectivity index (χ3n) is 5.64. The number of hydrogen-bond acceptors (Lipinski definition) is 11. The number of phenols is 1. The normalized spacial score (nSPS) is 24.7. The molecule has 0 radical (unpaired) electrons. The van der Waals surface area contributed by atoms with Crippen molar-refractivity contribution >= 4 is 11.0 Å². The summed E-state index contributed by atoms with van der Waals surface area (Å²) in [6, 6.07) is 7.24. The Hall–Kier alpha value is -3.35. The van der Waals surface area contributed by atoms with Crippen LogP contribution in [0.15, 0.2) is 45.8 Å². The fourth-order valence-electron chi connectivity index (χ4n) is 3.74. The van der Waals surface area contributed by atoms with Gasteiger partial charge in [0.15, 0.2) is 23.0 Å². The SMILES string of the molecule is COc1ccc(-c2coc3cc(O[C@H]4O[C@H](CO)[C@@H](O)[C@H](O)[C@H]4O)c(OC)cc3c2=O)cc1O. The van der Waals surface area contributed by atoms with Crippen LogP contribution in [0, 0.1) is 0 Å². The van der Waals surface area contributed by atoms with Crippen LogP contribution >= 0.6 is 0 Å². The van der Waals surface area contributed by atoms with Gasteiger partial charge in [-0.15, -0.1) is 0 Å². The topological polar surface area (TPSA) is 168 Å². The number of rotatable bonds is 6. The van der Waals surface area contributed by atoms with Crippen molar-refractivity contribution in [1.82, 2.24) is 0 Å². The van der Waals surface area contributed by atoms with Crippen LogP contribution in [0.1, 0.15) is 0 Å². The molecule has 4 rings (SSSR count). The Labute approximate surface area is 192 Å². The molecule has 11 heteroatoms. The van der Waals surface area contributed by atoms with Crippen LogP contribution in [0.25, 0.3) is 22.1 Å². The zero-order valence-electron chi connectivity index (χ0n) is 18.2. The van der Waals surface area contributed by atoms with Crippen molar-refractivity contribution in [3.05, 3.63) is 46.8 Å². The summed E-state index contributed by atoms with van der Waals surface area (Å²) in [7, 11) is 2.75. The molecule has 1 aliphatic heterocycles. The van der Waals surface area contributed by atoms with E-state index in [0.717, 1.165) is 0 Å². The summed E-state index contributed by atoms with van der Waals surface area (Å²) in [5.41, 5.74) is 0.333. The Morgan fingerprint density at radius 3 is 2.32 bits per heavy atom. The molecule has 11 nitrogen and oxygen atoms in total. The summed E-state index contributed by atoms with van der Waals surface area (Å²) in [5, 5.41) is 49.7. The first-order valence-corrected chi connectivity index (χ1v) is 10.3. The largest absolute Gasteiger partial charge is 0.504 e. The van der Waals surface area contributed by atoms with E-state index in [0.29, 0.717) is 5.56 Å². The van der Waals surface area contributed by atoms with Crippen molar-refractivity contribution in [2.45, 2.75) is 30.7 Å². The molecule has 5 N–H and O–H groups in total. The van der Waals surface area contributed by atoms with E-state index in [4.69, 9.17) is 23.4 Å². The molecule has 0 unspecified atom stereocenters. The summed E-state index contributed by atoms with van der Waals surface area (Å²) in [4.78, 5) is 13.2. The summed E-state index contributed by atoms with van der Waals surface area (Å²) in [5.74, 6) is 0.245. The molecule has 0 aliphatic carbocycles. The Morgan fingerprint density at radius 2 is 1.68 bits per heavy atom. The number of aromatic hydroxyl groups is 1. The molecule has 0 bridgehead atoms. The zero-order chi connectivity index (χ0) is 24.6. The maximum atomic E-state index is 13.2. The van der Waals surface area contributed by atoms with Crippen molar-refractivity contribution in [1.29, 1.82) is 0 Å². The lowest BCUT2D eigenvalue weighted by Crippen LogP contribution is -2.60. The standard InChI is InChI=1S/C23H24O11/c1-30-14-4-3-10(5-13(14)25)12-9-32-15-7-17(16(31-2)6-11(15)19(12)26)33-23-22(29)21(28)20(27)18(8-24)34-23/h3-7,9,18,20-25,27-29H,8H2,1-2H3/t18-,20-,21+,22-,23+/m1/s1. The number of ether oxygens (including phenoxy) is 4. The van der Waals surface area contributed by atoms with E-state index in [-0.39, 0.29) is 39.5 Å². The van der Waals surface area contributed by atoms with Gasteiger partial charge in [-0.3, -0.25) is 4.79 Å². The van der Waals surface area contributed by atoms with Gasteiger partial charge in [0.25, 0.3) is 0 Å². The fourth-order valence-corrected chi connectivity index (χ4v) is 3.74. The van der Waals surface area contributed by atoms with Crippen LogP contribution < -0.4 is 19.6 Å². The Morgan fingerprint density at radius 1 is 0.941 bits per heavy atom. The predicted molar refractivity (Wildman–Crippen MR) is 117 cm³/mol. The van der Waals surface area contributed by atoms with E-state index in [1.165, 1.54) is 44.7 Å². The minimum absolute atomic E-state index is 0.0253. The number of methoxy groups -OCH3 is 2. The van der Waals surface area contributed by atoms with Gasteiger partial charge in [-0.25, -0.2) is 0 Å². The van der Waals surface area contributed by atoms with Gasteiger partial charge in [-0.2, -0.15) is 0 Å².